The zero-order chi connectivity index (χ0) is 31.8. The summed E-state index contributed by atoms with van der Waals surface area (Å²) in [4.78, 5) is 49.1. The lowest BCUT2D eigenvalue weighted by Gasteiger charge is -2.19. The van der Waals surface area contributed by atoms with Crippen LogP contribution in [-0.4, -0.2) is 78.2 Å². The van der Waals surface area contributed by atoms with Crippen LogP contribution in [0.1, 0.15) is 31.9 Å². The quantitative estimate of drug-likeness (QED) is 0.130. The zero-order valence-corrected chi connectivity index (χ0v) is 25.2. The third-order valence-electron chi connectivity index (χ3n) is 5.48. The summed E-state index contributed by atoms with van der Waals surface area (Å²) in [5, 5.41) is 8.12. The number of benzene rings is 2. The van der Waals surface area contributed by atoms with Crippen molar-refractivity contribution in [3.05, 3.63) is 71.8 Å². The lowest BCUT2D eigenvalue weighted by Crippen LogP contribution is -2.35. The van der Waals surface area contributed by atoms with Crippen molar-refractivity contribution < 1.29 is 38.1 Å². The van der Waals surface area contributed by atoms with Gasteiger partial charge < -0.3 is 39.6 Å². The van der Waals surface area contributed by atoms with Crippen LogP contribution in [-0.2, 0) is 32.0 Å². The number of aromatic nitrogens is 3. The van der Waals surface area contributed by atoms with E-state index in [1.165, 1.54) is 7.11 Å². The van der Waals surface area contributed by atoms with Crippen LogP contribution in [0.4, 0.5) is 15.5 Å². The van der Waals surface area contributed by atoms with Gasteiger partial charge in [-0.15, -0.1) is 4.98 Å². The summed E-state index contributed by atoms with van der Waals surface area (Å²) in [7, 11) is 1.29. The first-order valence-corrected chi connectivity index (χ1v) is 13.9. The summed E-state index contributed by atoms with van der Waals surface area (Å²) in [6.45, 7) is 5.59. The van der Waals surface area contributed by atoms with Gasteiger partial charge in [0.05, 0.1) is 20.2 Å². The number of nitrogens with zero attached hydrogens (tertiary/aromatic N) is 3. The first kappa shape index (κ1) is 33.4. The second-order valence-corrected chi connectivity index (χ2v) is 10.2. The van der Waals surface area contributed by atoms with Crippen molar-refractivity contribution in [3.63, 3.8) is 0 Å². The van der Waals surface area contributed by atoms with Gasteiger partial charge in [-0.25, -0.2) is 14.4 Å². The van der Waals surface area contributed by atoms with E-state index in [2.05, 4.69) is 30.9 Å². The molecule has 1 aromatic heterocycles. The van der Waals surface area contributed by atoms with Crippen molar-refractivity contribution in [3.8, 4) is 12.0 Å². The number of methoxy groups -OCH3 is 1. The largest absolute Gasteiger partial charge is 0.467 e. The van der Waals surface area contributed by atoms with Crippen LogP contribution < -0.4 is 25.4 Å². The Morgan fingerprint density at radius 3 is 1.86 bits per heavy atom. The molecule has 0 aliphatic rings. The minimum Gasteiger partial charge on any atom is -0.467 e. The Bertz CT molecular complexity index is 1340. The molecule has 0 fully saturated rings. The van der Waals surface area contributed by atoms with Crippen LogP contribution >= 0.6 is 0 Å². The van der Waals surface area contributed by atoms with Crippen LogP contribution in [0.25, 0.3) is 0 Å². The molecule has 0 bridgehead atoms. The van der Waals surface area contributed by atoms with Crippen LogP contribution in [0.3, 0.4) is 0 Å². The molecule has 0 unspecified atom stereocenters. The molecule has 2 amide bonds. The maximum Gasteiger partial charge on any atom is 0.407 e. The number of ether oxygens (including phenoxy) is 5. The Hall–Kier alpha value is -5.14. The van der Waals surface area contributed by atoms with Gasteiger partial charge >= 0.3 is 30.2 Å². The Morgan fingerprint density at radius 1 is 0.773 bits per heavy atom. The van der Waals surface area contributed by atoms with Crippen molar-refractivity contribution in [2.24, 2.45) is 0 Å². The van der Waals surface area contributed by atoms with Crippen LogP contribution in [0.15, 0.2) is 60.7 Å². The monoisotopic (exact) mass is 610 g/mol. The fourth-order valence-electron chi connectivity index (χ4n) is 3.55. The van der Waals surface area contributed by atoms with Crippen LogP contribution in [0.5, 0.6) is 12.0 Å². The number of alkyl carbamates (subject to hydrolysis) is 2. The highest BCUT2D eigenvalue weighted by atomic mass is 16.6. The minimum absolute atomic E-state index is 0.00138. The Kier molecular flexibility index (Phi) is 13.0. The van der Waals surface area contributed by atoms with Gasteiger partial charge in [0, 0.05) is 6.42 Å². The summed E-state index contributed by atoms with van der Waals surface area (Å²) < 4.78 is 26.6. The number of rotatable bonds is 15. The van der Waals surface area contributed by atoms with E-state index in [4.69, 9.17) is 23.7 Å². The predicted octanol–water partition coefficient (Wildman–Crippen LogP) is 3.28. The molecule has 3 N–H and O–H groups in total. The molecule has 236 valence electrons. The van der Waals surface area contributed by atoms with Gasteiger partial charge in [-0.05, 0) is 31.9 Å². The van der Waals surface area contributed by atoms with Gasteiger partial charge in [-0.1, -0.05) is 60.7 Å². The van der Waals surface area contributed by atoms with E-state index in [0.29, 0.717) is 6.42 Å². The SMILES string of the molecule is COC(=O)[C@H](Cc1ccccc1)Nc1nc(OCCNC(=O)OCc2ccccc2)nc(OCCNC(=O)OC(C)(C)C)n1. The van der Waals surface area contributed by atoms with E-state index in [-0.39, 0.29) is 50.9 Å². The summed E-state index contributed by atoms with van der Waals surface area (Å²) in [6, 6.07) is 17.6. The average Bonchev–Trinajstić information content (AvgIpc) is 3.00. The first-order valence-electron chi connectivity index (χ1n) is 13.9. The maximum absolute atomic E-state index is 12.6. The van der Waals surface area contributed by atoms with Gasteiger partial charge in [-0.3, -0.25) is 0 Å². The fraction of sp³-hybridized carbons (Fsp3) is 0.400. The number of nitrogens with one attached hydrogen (secondary N) is 3. The maximum atomic E-state index is 12.6. The molecule has 2 aromatic carbocycles. The highest BCUT2D eigenvalue weighted by molar-refractivity contribution is 5.79. The van der Waals surface area contributed by atoms with Crippen LogP contribution in [0.2, 0.25) is 0 Å². The summed E-state index contributed by atoms with van der Waals surface area (Å²) in [5.74, 6) is -0.536. The van der Waals surface area contributed by atoms with Gasteiger partial charge in [0.15, 0.2) is 0 Å². The number of esters is 1. The zero-order valence-electron chi connectivity index (χ0n) is 25.2. The molecule has 14 nitrogen and oxygen atoms in total. The van der Waals surface area contributed by atoms with Crippen molar-refractivity contribution >= 4 is 24.1 Å². The average molecular weight is 611 g/mol. The number of hydrogen-bond donors (Lipinski definition) is 3. The van der Waals surface area contributed by atoms with Crippen molar-refractivity contribution in [2.45, 2.75) is 45.4 Å². The minimum atomic E-state index is -0.833. The van der Waals surface area contributed by atoms with E-state index in [1.807, 2.05) is 60.7 Å². The standard InChI is InChI=1S/C30H38N6O8/c1-30(2,3)44-29(39)32-16-18-42-27-35-25(33-23(24(37)40-4)19-21-11-7-5-8-12-21)34-26(36-27)41-17-15-31-28(38)43-20-22-13-9-6-10-14-22/h5-14,23H,15-20H2,1-4H3,(H,31,38)(H,32,39)(H,33,34,35,36)/t23-/m0/s1. The molecule has 0 aliphatic heterocycles. The molecule has 0 radical (unpaired) electrons. The third kappa shape index (κ3) is 12.8. The van der Waals surface area contributed by atoms with E-state index in [1.54, 1.807) is 20.8 Å². The first-order chi connectivity index (χ1) is 21.1. The molecular formula is C30H38N6O8. The van der Waals surface area contributed by atoms with Crippen molar-refractivity contribution in [1.29, 1.82) is 0 Å². The fourth-order valence-corrected chi connectivity index (χ4v) is 3.55. The van der Waals surface area contributed by atoms with Gasteiger partial charge in [0.1, 0.15) is 31.5 Å². The van der Waals surface area contributed by atoms with E-state index in [0.717, 1.165) is 11.1 Å². The predicted molar refractivity (Wildman–Crippen MR) is 159 cm³/mol. The normalized spacial score (nSPS) is 11.5. The molecule has 1 atom stereocenters. The molecule has 44 heavy (non-hydrogen) atoms. The summed E-state index contributed by atoms with van der Waals surface area (Å²) >= 11 is 0. The number of anilines is 1. The van der Waals surface area contributed by atoms with Crippen molar-refractivity contribution in [1.82, 2.24) is 25.6 Å². The second kappa shape index (κ2) is 17.1. The Balaban J connectivity index is 1.62. The topological polar surface area (TPSA) is 172 Å². The number of hydrogen-bond acceptors (Lipinski definition) is 12. The number of amides is 2. The van der Waals surface area contributed by atoms with Crippen molar-refractivity contribution in [2.75, 3.05) is 38.7 Å². The molecule has 0 spiro atoms. The molecule has 14 heteroatoms. The molecule has 1 heterocycles. The molecule has 0 saturated heterocycles. The van der Waals surface area contributed by atoms with E-state index >= 15 is 0 Å². The van der Waals surface area contributed by atoms with E-state index in [9.17, 15) is 14.4 Å². The lowest BCUT2D eigenvalue weighted by molar-refractivity contribution is -0.141. The number of carbonyl (C=O) groups excluding carboxylic acids is 3. The van der Waals surface area contributed by atoms with Gasteiger partial charge in [0.25, 0.3) is 0 Å². The smallest absolute Gasteiger partial charge is 0.407 e. The highest BCUT2D eigenvalue weighted by Gasteiger charge is 2.22. The molecule has 3 rings (SSSR count). The number of carbonyl (C=O) groups is 3. The van der Waals surface area contributed by atoms with Gasteiger partial charge in [0.2, 0.25) is 5.95 Å². The lowest BCUT2D eigenvalue weighted by atomic mass is 10.1. The molecular weight excluding hydrogens is 572 g/mol. The highest BCUT2D eigenvalue weighted by Crippen LogP contribution is 2.16. The van der Waals surface area contributed by atoms with Gasteiger partial charge in [-0.2, -0.15) is 9.97 Å². The molecule has 0 saturated carbocycles. The Labute approximate surface area is 255 Å². The molecule has 3 aromatic rings. The summed E-state index contributed by atoms with van der Waals surface area (Å²) in [5.41, 5.74) is 1.10. The van der Waals surface area contributed by atoms with E-state index < -0.39 is 29.8 Å². The second-order valence-electron chi connectivity index (χ2n) is 10.2. The van der Waals surface area contributed by atoms with Crippen LogP contribution in [0, 0.1) is 0 Å². The molecule has 0 aliphatic carbocycles. The Morgan fingerprint density at radius 2 is 1.32 bits per heavy atom. The third-order valence-corrected chi connectivity index (χ3v) is 5.48. The summed E-state index contributed by atoms with van der Waals surface area (Å²) in [6.07, 6.45) is -0.918.